The minimum Gasteiger partial charge on any atom is -0.326 e. The third kappa shape index (κ3) is 1.94. The second-order valence-electron chi connectivity index (χ2n) is 3.92. The Morgan fingerprint density at radius 1 is 1.38 bits per heavy atom. The molecule has 0 aliphatic heterocycles. The Morgan fingerprint density at radius 2 is 2.19 bits per heavy atom. The van der Waals surface area contributed by atoms with Crippen LogP contribution in [0, 0.1) is 0 Å². The van der Waals surface area contributed by atoms with E-state index >= 15 is 0 Å². The Hall–Kier alpha value is -1.75. The monoisotopic (exact) mass is 217 g/mol. The molecule has 2 rings (SSSR count). The average Bonchev–Trinajstić information content (AvgIpc) is 2.78. The number of rotatable bonds is 3. The molecule has 0 aliphatic rings. The van der Waals surface area contributed by atoms with E-state index in [0.29, 0.717) is 18.3 Å². The molecule has 0 saturated heterocycles. The van der Waals surface area contributed by atoms with E-state index in [1.165, 1.54) is 0 Å². The van der Waals surface area contributed by atoms with Crippen LogP contribution < -0.4 is 5.73 Å². The number of nitrogens with two attached hydrogens (primary N) is 1. The smallest absolute Gasteiger partial charge is 0.180 e. The molecule has 16 heavy (non-hydrogen) atoms. The molecule has 0 unspecified atom stereocenters. The maximum absolute atomic E-state index is 5.65. The lowest BCUT2D eigenvalue weighted by molar-refractivity contribution is 0.738. The average molecular weight is 217 g/mol. The van der Waals surface area contributed by atoms with Gasteiger partial charge in [0, 0.05) is 18.3 Å². The van der Waals surface area contributed by atoms with Gasteiger partial charge in [0.05, 0.1) is 11.9 Å². The largest absolute Gasteiger partial charge is 0.326 e. The van der Waals surface area contributed by atoms with E-state index in [4.69, 9.17) is 5.73 Å². The van der Waals surface area contributed by atoms with E-state index in [9.17, 15) is 0 Å². The van der Waals surface area contributed by atoms with E-state index in [1.54, 1.807) is 10.9 Å². The molecule has 0 aliphatic carbocycles. The van der Waals surface area contributed by atoms with Gasteiger partial charge in [-0.3, -0.25) is 0 Å². The highest BCUT2D eigenvalue weighted by Crippen LogP contribution is 2.14. The number of nitrogens with zero attached hydrogens (tertiary/aromatic N) is 4. The van der Waals surface area contributed by atoms with Crippen molar-refractivity contribution in [3.8, 4) is 5.82 Å². The first-order valence-electron chi connectivity index (χ1n) is 5.29. The van der Waals surface area contributed by atoms with Crippen LogP contribution in [0.5, 0.6) is 0 Å². The standard InChI is InChI=1S/C11H15N5/c1-8(2)10-4-6-16(15-10)11-9(7-12)3-5-13-14-11/h3-6,8H,7,12H2,1-2H3. The van der Waals surface area contributed by atoms with Gasteiger partial charge in [-0.15, -0.1) is 5.10 Å². The molecule has 2 aromatic heterocycles. The molecule has 0 aromatic carbocycles. The summed E-state index contributed by atoms with van der Waals surface area (Å²) in [6.07, 6.45) is 3.52. The Labute approximate surface area is 94.3 Å². The van der Waals surface area contributed by atoms with E-state index in [1.807, 2.05) is 18.3 Å². The Kier molecular flexibility index (Phi) is 2.96. The van der Waals surface area contributed by atoms with Gasteiger partial charge in [0.15, 0.2) is 5.82 Å². The minimum atomic E-state index is 0.402. The zero-order chi connectivity index (χ0) is 11.5. The summed E-state index contributed by atoms with van der Waals surface area (Å²) in [5.74, 6) is 1.11. The van der Waals surface area contributed by atoms with Crippen LogP contribution in [0.3, 0.4) is 0 Å². The number of hydrogen-bond donors (Lipinski definition) is 1. The van der Waals surface area contributed by atoms with Gasteiger partial charge in [0.25, 0.3) is 0 Å². The molecule has 2 aromatic rings. The molecule has 2 heterocycles. The lowest BCUT2D eigenvalue weighted by Gasteiger charge is -2.05. The van der Waals surface area contributed by atoms with Crippen LogP contribution in [0.15, 0.2) is 24.5 Å². The maximum atomic E-state index is 5.65. The zero-order valence-electron chi connectivity index (χ0n) is 9.46. The van der Waals surface area contributed by atoms with Gasteiger partial charge in [-0.2, -0.15) is 10.2 Å². The van der Waals surface area contributed by atoms with Crippen molar-refractivity contribution in [2.45, 2.75) is 26.3 Å². The van der Waals surface area contributed by atoms with E-state index in [0.717, 1.165) is 11.3 Å². The topological polar surface area (TPSA) is 69.6 Å². The van der Waals surface area contributed by atoms with Crippen molar-refractivity contribution >= 4 is 0 Å². The van der Waals surface area contributed by atoms with Gasteiger partial charge in [0.1, 0.15) is 0 Å². The van der Waals surface area contributed by atoms with Crippen LogP contribution in [0.2, 0.25) is 0 Å². The zero-order valence-corrected chi connectivity index (χ0v) is 9.46. The summed E-state index contributed by atoms with van der Waals surface area (Å²) in [6.45, 7) is 4.64. The van der Waals surface area contributed by atoms with Gasteiger partial charge in [-0.1, -0.05) is 13.8 Å². The van der Waals surface area contributed by atoms with Gasteiger partial charge in [-0.25, -0.2) is 4.68 Å². The first-order chi connectivity index (χ1) is 7.72. The molecule has 2 N–H and O–H groups in total. The van der Waals surface area contributed by atoms with Crippen molar-refractivity contribution in [3.63, 3.8) is 0 Å². The van der Waals surface area contributed by atoms with Crippen molar-refractivity contribution in [2.75, 3.05) is 0 Å². The second kappa shape index (κ2) is 4.40. The van der Waals surface area contributed by atoms with E-state index in [-0.39, 0.29) is 0 Å². The fourth-order valence-corrected chi connectivity index (χ4v) is 1.47. The van der Waals surface area contributed by atoms with Gasteiger partial charge >= 0.3 is 0 Å². The van der Waals surface area contributed by atoms with Crippen molar-refractivity contribution in [3.05, 3.63) is 35.8 Å². The summed E-state index contributed by atoms with van der Waals surface area (Å²) < 4.78 is 1.73. The number of hydrogen-bond acceptors (Lipinski definition) is 4. The number of aromatic nitrogens is 4. The van der Waals surface area contributed by atoms with Crippen LogP contribution in [-0.4, -0.2) is 20.0 Å². The summed E-state index contributed by atoms with van der Waals surface area (Å²) in [7, 11) is 0. The molecule has 0 fully saturated rings. The summed E-state index contributed by atoms with van der Waals surface area (Å²) in [6, 6.07) is 3.85. The van der Waals surface area contributed by atoms with Crippen molar-refractivity contribution in [1.82, 2.24) is 20.0 Å². The van der Waals surface area contributed by atoms with Crippen LogP contribution >= 0.6 is 0 Å². The molecule has 0 saturated carbocycles. The second-order valence-corrected chi connectivity index (χ2v) is 3.92. The fourth-order valence-electron chi connectivity index (χ4n) is 1.47. The molecule has 5 nitrogen and oxygen atoms in total. The predicted octanol–water partition coefficient (Wildman–Crippen LogP) is 1.24. The van der Waals surface area contributed by atoms with Crippen LogP contribution in [0.4, 0.5) is 0 Å². The van der Waals surface area contributed by atoms with Crippen LogP contribution in [-0.2, 0) is 6.54 Å². The van der Waals surface area contributed by atoms with Gasteiger partial charge < -0.3 is 5.73 Å². The van der Waals surface area contributed by atoms with Crippen molar-refractivity contribution < 1.29 is 0 Å². The van der Waals surface area contributed by atoms with E-state index < -0.39 is 0 Å². The summed E-state index contributed by atoms with van der Waals surface area (Å²) in [4.78, 5) is 0. The lowest BCUT2D eigenvalue weighted by atomic mass is 10.1. The maximum Gasteiger partial charge on any atom is 0.180 e. The molecule has 84 valence electrons. The van der Waals surface area contributed by atoms with Crippen LogP contribution in [0.25, 0.3) is 5.82 Å². The minimum absolute atomic E-state index is 0.402. The first kappa shape index (κ1) is 10.8. The molecule has 0 spiro atoms. The molecular formula is C11H15N5. The third-order valence-corrected chi connectivity index (χ3v) is 2.42. The quantitative estimate of drug-likeness (QED) is 0.839. The molecule has 0 radical (unpaired) electrons. The Bertz CT molecular complexity index is 475. The summed E-state index contributed by atoms with van der Waals surface area (Å²) in [5.41, 5.74) is 7.62. The first-order valence-corrected chi connectivity index (χ1v) is 5.29. The summed E-state index contributed by atoms with van der Waals surface area (Å²) in [5, 5.41) is 12.4. The van der Waals surface area contributed by atoms with Crippen molar-refractivity contribution in [1.29, 1.82) is 0 Å². The fraction of sp³-hybridized carbons (Fsp3) is 0.364. The molecule has 5 heteroatoms. The van der Waals surface area contributed by atoms with Gasteiger partial charge in [-0.05, 0) is 18.1 Å². The van der Waals surface area contributed by atoms with Gasteiger partial charge in [0.2, 0.25) is 0 Å². The summed E-state index contributed by atoms with van der Waals surface area (Å²) >= 11 is 0. The SMILES string of the molecule is CC(C)c1ccn(-c2nnccc2CN)n1. The third-order valence-electron chi connectivity index (χ3n) is 2.42. The molecule has 0 atom stereocenters. The van der Waals surface area contributed by atoms with Crippen molar-refractivity contribution in [2.24, 2.45) is 5.73 Å². The predicted molar refractivity (Wildman–Crippen MR) is 61.1 cm³/mol. The Balaban J connectivity index is 2.42. The van der Waals surface area contributed by atoms with E-state index in [2.05, 4.69) is 29.1 Å². The molecular weight excluding hydrogens is 202 g/mol. The van der Waals surface area contributed by atoms with Crippen LogP contribution in [0.1, 0.15) is 31.0 Å². The highest BCUT2D eigenvalue weighted by Gasteiger charge is 2.08. The Morgan fingerprint density at radius 3 is 2.81 bits per heavy atom. The highest BCUT2D eigenvalue weighted by molar-refractivity contribution is 5.31. The molecule has 0 amide bonds. The molecule has 0 bridgehead atoms. The highest BCUT2D eigenvalue weighted by atomic mass is 15.3. The normalized spacial score (nSPS) is 11.0. The lowest BCUT2D eigenvalue weighted by Crippen LogP contribution is -2.08.